The topological polar surface area (TPSA) is 137 Å². The van der Waals surface area contributed by atoms with Gasteiger partial charge in [-0.2, -0.15) is 9.78 Å². The van der Waals surface area contributed by atoms with E-state index in [-0.39, 0.29) is 40.9 Å². The number of likely N-dealkylation sites (tertiary alicyclic amines) is 1. The van der Waals surface area contributed by atoms with Gasteiger partial charge in [-0.15, -0.1) is 11.3 Å². The van der Waals surface area contributed by atoms with Gasteiger partial charge in [-0.25, -0.2) is 4.79 Å². The van der Waals surface area contributed by atoms with Crippen LogP contribution in [0.1, 0.15) is 30.3 Å². The Morgan fingerprint density at radius 2 is 1.79 bits per heavy atom. The van der Waals surface area contributed by atoms with E-state index >= 15 is 0 Å². The van der Waals surface area contributed by atoms with Crippen molar-refractivity contribution in [3.63, 3.8) is 0 Å². The largest absolute Gasteiger partial charge is 0.497 e. The Balaban J connectivity index is 1.77. The van der Waals surface area contributed by atoms with E-state index < -0.39 is 35.8 Å². The number of thiophene rings is 1. The van der Waals surface area contributed by atoms with Crippen LogP contribution in [0.3, 0.4) is 0 Å². The third-order valence-electron chi connectivity index (χ3n) is 5.15. The van der Waals surface area contributed by atoms with Crippen LogP contribution in [0.4, 0.5) is 5.00 Å². The first-order chi connectivity index (χ1) is 16.3. The molecule has 2 aromatic heterocycles. The second-order valence-electron chi connectivity index (χ2n) is 7.26. The van der Waals surface area contributed by atoms with Crippen molar-refractivity contribution >= 4 is 50.8 Å². The Bertz CT molecular complexity index is 1340. The molecule has 0 unspecified atom stereocenters. The molecule has 34 heavy (non-hydrogen) atoms. The van der Waals surface area contributed by atoms with Crippen molar-refractivity contribution in [2.75, 3.05) is 25.6 Å². The quantitative estimate of drug-likeness (QED) is 0.395. The lowest BCUT2D eigenvalue weighted by molar-refractivity contribution is -0.141. The SMILES string of the molecule is CCOC(=O)c1nn(-c2ccc(OC)cc2)c(=O)c2c(NC(=O)CN3C(=O)CCC3=O)scc12. The fourth-order valence-electron chi connectivity index (χ4n) is 3.50. The maximum atomic E-state index is 13.4. The van der Waals surface area contributed by atoms with Crippen LogP contribution < -0.4 is 15.6 Å². The van der Waals surface area contributed by atoms with Gasteiger partial charge in [0, 0.05) is 23.6 Å². The average Bonchev–Trinajstić information content (AvgIpc) is 3.38. The fourth-order valence-corrected chi connectivity index (χ4v) is 4.45. The molecule has 1 saturated heterocycles. The number of rotatable bonds is 7. The molecule has 3 aromatic rings. The zero-order valence-electron chi connectivity index (χ0n) is 18.3. The Hall–Kier alpha value is -4.06. The normalized spacial score (nSPS) is 13.4. The molecule has 0 saturated carbocycles. The molecule has 0 aliphatic carbocycles. The molecule has 3 amide bonds. The Morgan fingerprint density at radius 3 is 2.41 bits per heavy atom. The Labute approximate surface area is 196 Å². The van der Waals surface area contributed by atoms with E-state index in [0.717, 1.165) is 20.9 Å². The minimum Gasteiger partial charge on any atom is -0.497 e. The van der Waals surface area contributed by atoms with Crippen LogP contribution in [0.5, 0.6) is 5.75 Å². The monoisotopic (exact) mass is 484 g/mol. The van der Waals surface area contributed by atoms with Gasteiger partial charge in [0.1, 0.15) is 17.3 Å². The molecule has 0 spiro atoms. The van der Waals surface area contributed by atoms with E-state index in [1.165, 1.54) is 12.5 Å². The number of imide groups is 1. The first kappa shape index (κ1) is 23.1. The predicted molar refractivity (Wildman–Crippen MR) is 122 cm³/mol. The number of carbonyl (C=O) groups excluding carboxylic acids is 4. The molecule has 1 N–H and O–H groups in total. The molecule has 12 heteroatoms. The summed E-state index contributed by atoms with van der Waals surface area (Å²) in [5.41, 5.74) is -0.290. The van der Waals surface area contributed by atoms with Gasteiger partial charge in [-0.1, -0.05) is 0 Å². The highest BCUT2D eigenvalue weighted by Gasteiger charge is 2.31. The minimum atomic E-state index is -0.723. The Kier molecular flexibility index (Phi) is 6.41. The molecule has 1 aliphatic heterocycles. The highest BCUT2D eigenvalue weighted by Crippen LogP contribution is 2.31. The van der Waals surface area contributed by atoms with Crippen LogP contribution in [-0.2, 0) is 19.1 Å². The zero-order valence-corrected chi connectivity index (χ0v) is 19.1. The predicted octanol–water partition coefficient (Wildman–Crippen LogP) is 1.72. The molecule has 176 valence electrons. The zero-order chi connectivity index (χ0) is 24.4. The summed E-state index contributed by atoms with van der Waals surface area (Å²) in [5, 5.41) is 8.79. The summed E-state index contributed by atoms with van der Waals surface area (Å²) in [6.45, 7) is 1.30. The number of carbonyl (C=O) groups is 4. The molecular weight excluding hydrogens is 464 g/mol. The highest BCUT2D eigenvalue weighted by molar-refractivity contribution is 7.16. The van der Waals surface area contributed by atoms with Crippen molar-refractivity contribution in [3.8, 4) is 11.4 Å². The molecule has 0 bridgehead atoms. The van der Waals surface area contributed by atoms with Gasteiger partial charge < -0.3 is 14.8 Å². The summed E-state index contributed by atoms with van der Waals surface area (Å²) in [5.74, 6) is -1.65. The van der Waals surface area contributed by atoms with Gasteiger partial charge in [-0.05, 0) is 31.2 Å². The summed E-state index contributed by atoms with van der Waals surface area (Å²) >= 11 is 1.02. The third-order valence-corrected chi connectivity index (χ3v) is 6.04. The number of aromatic nitrogens is 2. The summed E-state index contributed by atoms with van der Waals surface area (Å²) < 4.78 is 11.3. The van der Waals surface area contributed by atoms with E-state index in [0.29, 0.717) is 11.4 Å². The molecular formula is C22H20N4O7S. The van der Waals surface area contributed by atoms with Crippen LogP contribution in [-0.4, -0.2) is 58.6 Å². The van der Waals surface area contributed by atoms with E-state index in [9.17, 15) is 24.0 Å². The number of hydrogen-bond acceptors (Lipinski definition) is 9. The van der Waals surface area contributed by atoms with Gasteiger partial charge in [-0.3, -0.25) is 24.1 Å². The van der Waals surface area contributed by atoms with Crippen molar-refractivity contribution in [3.05, 3.63) is 45.7 Å². The number of nitrogens with one attached hydrogen (secondary N) is 1. The number of benzene rings is 1. The second kappa shape index (κ2) is 9.43. The fraction of sp³-hybridized carbons (Fsp3) is 0.273. The Morgan fingerprint density at radius 1 is 1.12 bits per heavy atom. The van der Waals surface area contributed by atoms with Crippen molar-refractivity contribution in [2.45, 2.75) is 19.8 Å². The van der Waals surface area contributed by atoms with Crippen LogP contribution in [0.25, 0.3) is 16.5 Å². The second-order valence-corrected chi connectivity index (χ2v) is 8.14. The molecule has 11 nitrogen and oxygen atoms in total. The number of esters is 1. The lowest BCUT2D eigenvalue weighted by atomic mass is 10.2. The number of fused-ring (bicyclic) bond motifs is 1. The standard InChI is InChI=1S/C22H20N4O7S/c1-3-33-22(31)19-14-11-34-20(23-15(27)10-25-16(28)8-9-17(25)29)18(14)21(30)26(24-19)12-4-6-13(32-2)7-5-12/h4-7,11H,3,8-10H2,1-2H3,(H,23,27). The van der Waals surface area contributed by atoms with E-state index in [2.05, 4.69) is 10.4 Å². The maximum absolute atomic E-state index is 13.4. The van der Waals surface area contributed by atoms with Crippen molar-refractivity contribution in [1.29, 1.82) is 0 Å². The molecule has 0 atom stereocenters. The van der Waals surface area contributed by atoms with Crippen LogP contribution in [0.2, 0.25) is 0 Å². The molecule has 1 fully saturated rings. The van der Waals surface area contributed by atoms with Crippen molar-refractivity contribution in [1.82, 2.24) is 14.7 Å². The van der Waals surface area contributed by atoms with Crippen molar-refractivity contribution < 1.29 is 28.7 Å². The molecule has 3 heterocycles. The highest BCUT2D eigenvalue weighted by atomic mass is 32.1. The number of hydrogen-bond donors (Lipinski definition) is 1. The first-order valence-corrected chi connectivity index (χ1v) is 11.2. The van der Waals surface area contributed by atoms with Crippen molar-refractivity contribution in [2.24, 2.45) is 0 Å². The van der Waals surface area contributed by atoms with E-state index in [4.69, 9.17) is 9.47 Å². The summed E-state index contributed by atoms with van der Waals surface area (Å²) in [6.07, 6.45) is 0.129. The first-order valence-electron chi connectivity index (χ1n) is 10.3. The minimum absolute atomic E-state index is 0.0614. The number of methoxy groups -OCH3 is 1. The van der Waals surface area contributed by atoms with E-state index in [1.54, 1.807) is 31.2 Å². The van der Waals surface area contributed by atoms with Crippen LogP contribution in [0, 0.1) is 0 Å². The molecule has 1 aromatic carbocycles. The summed E-state index contributed by atoms with van der Waals surface area (Å²) in [7, 11) is 1.51. The van der Waals surface area contributed by atoms with Gasteiger partial charge in [0.25, 0.3) is 5.56 Å². The van der Waals surface area contributed by atoms with Gasteiger partial charge in [0.15, 0.2) is 5.69 Å². The van der Waals surface area contributed by atoms with Gasteiger partial charge in [0.2, 0.25) is 17.7 Å². The molecule has 4 rings (SSSR count). The number of nitrogens with zero attached hydrogens (tertiary/aromatic N) is 3. The van der Waals surface area contributed by atoms with E-state index in [1.807, 2.05) is 0 Å². The lowest BCUT2D eigenvalue weighted by Gasteiger charge is -2.13. The van der Waals surface area contributed by atoms with Gasteiger partial charge in [0.05, 0.1) is 24.8 Å². The number of amides is 3. The summed E-state index contributed by atoms with van der Waals surface area (Å²) in [6, 6.07) is 6.47. The third kappa shape index (κ3) is 4.27. The lowest BCUT2D eigenvalue weighted by Crippen LogP contribution is -2.37. The summed E-state index contributed by atoms with van der Waals surface area (Å²) in [4.78, 5) is 63.1. The average molecular weight is 484 g/mol. The maximum Gasteiger partial charge on any atom is 0.359 e. The van der Waals surface area contributed by atoms with Crippen LogP contribution >= 0.6 is 11.3 Å². The molecule has 0 radical (unpaired) electrons. The molecule has 1 aliphatic rings. The smallest absolute Gasteiger partial charge is 0.359 e. The van der Waals surface area contributed by atoms with Gasteiger partial charge >= 0.3 is 5.97 Å². The van der Waals surface area contributed by atoms with Crippen LogP contribution in [0.15, 0.2) is 34.4 Å². The number of ether oxygens (including phenoxy) is 2. The number of anilines is 1.